The van der Waals surface area contributed by atoms with Gasteiger partial charge in [-0.1, -0.05) is 13.8 Å². The van der Waals surface area contributed by atoms with Crippen LogP contribution in [-0.4, -0.2) is 18.7 Å². The quantitative estimate of drug-likeness (QED) is 0.781. The first-order valence-electron chi connectivity index (χ1n) is 6.73. The number of hydrogen-bond acceptors (Lipinski definition) is 3. The van der Waals surface area contributed by atoms with E-state index in [1.165, 1.54) is 0 Å². The first-order valence-corrected chi connectivity index (χ1v) is 6.73. The van der Waals surface area contributed by atoms with Crippen molar-refractivity contribution >= 4 is 5.69 Å². The third kappa shape index (κ3) is 5.92. The van der Waals surface area contributed by atoms with Gasteiger partial charge >= 0.3 is 0 Å². The molecule has 3 heteroatoms. The highest BCUT2D eigenvalue weighted by Crippen LogP contribution is 2.17. The molecule has 0 aliphatic rings. The average molecular weight is 250 g/mol. The normalized spacial score (nSPS) is 12.8. The maximum absolute atomic E-state index is 6.03. The molecule has 0 aliphatic heterocycles. The summed E-state index contributed by atoms with van der Waals surface area (Å²) in [6.45, 7) is 9.24. The molecule has 0 aliphatic carbocycles. The third-order valence-corrected chi connectivity index (χ3v) is 2.57. The summed E-state index contributed by atoms with van der Waals surface area (Å²) in [5.41, 5.74) is 7.12. The summed E-state index contributed by atoms with van der Waals surface area (Å²) < 4.78 is 5.59. The molecule has 3 nitrogen and oxygen atoms in total. The largest absolute Gasteiger partial charge is 0.491 e. The molecule has 0 heterocycles. The van der Waals surface area contributed by atoms with Crippen molar-refractivity contribution in [1.29, 1.82) is 0 Å². The molecule has 1 aromatic carbocycles. The lowest BCUT2D eigenvalue weighted by Crippen LogP contribution is -2.30. The van der Waals surface area contributed by atoms with Gasteiger partial charge in [0.2, 0.25) is 0 Å². The number of anilines is 1. The monoisotopic (exact) mass is 250 g/mol. The molecule has 102 valence electrons. The van der Waals surface area contributed by atoms with Gasteiger partial charge in [-0.2, -0.15) is 0 Å². The van der Waals surface area contributed by atoms with Crippen LogP contribution in [0.5, 0.6) is 5.75 Å². The molecule has 18 heavy (non-hydrogen) atoms. The van der Waals surface area contributed by atoms with Gasteiger partial charge in [-0.25, -0.2) is 0 Å². The van der Waals surface area contributed by atoms with Gasteiger partial charge in [0.05, 0.1) is 6.10 Å². The molecule has 0 spiro atoms. The number of ether oxygens (including phenoxy) is 1. The van der Waals surface area contributed by atoms with Gasteiger partial charge < -0.3 is 15.8 Å². The van der Waals surface area contributed by atoms with Crippen molar-refractivity contribution in [2.45, 2.75) is 46.3 Å². The Balaban J connectivity index is 2.39. The van der Waals surface area contributed by atoms with Crippen LogP contribution >= 0.6 is 0 Å². The molecule has 0 bridgehead atoms. The molecular weight excluding hydrogens is 224 g/mol. The Morgan fingerprint density at radius 3 is 2.22 bits per heavy atom. The second-order valence-electron chi connectivity index (χ2n) is 5.46. The summed E-state index contributed by atoms with van der Waals surface area (Å²) in [6.07, 6.45) is 1.25. The van der Waals surface area contributed by atoms with E-state index in [2.05, 4.69) is 19.2 Å². The van der Waals surface area contributed by atoms with Crippen LogP contribution in [0.4, 0.5) is 5.69 Å². The second-order valence-corrected chi connectivity index (χ2v) is 5.46. The van der Waals surface area contributed by atoms with E-state index in [9.17, 15) is 0 Å². The highest BCUT2D eigenvalue weighted by Gasteiger charge is 2.05. The predicted molar refractivity (Wildman–Crippen MR) is 78.1 cm³/mol. The SMILES string of the molecule is CC(C)CC(N)CNc1ccc(OC(C)C)cc1. The van der Waals surface area contributed by atoms with Crippen LogP contribution in [0.15, 0.2) is 24.3 Å². The van der Waals surface area contributed by atoms with Gasteiger partial charge in [0.25, 0.3) is 0 Å². The highest BCUT2D eigenvalue weighted by molar-refractivity contribution is 5.46. The summed E-state index contributed by atoms with van der Waals surface area (Å²) in [7, 11) is 0. The molecule has 0 radical (unpaired) electrons. The van der Waals surface area contributed by atoms with Crippen molar-refractivity contribution in [3.63, 3.8) is 0 Å². The zero-order chi connectivity index (χ0) is 13.5. The van der Waals surface area contributed by atoms with Gasteiger partial charge in [-0.05, 0) is 50.5 Å². The summed E-state index contributed by atoms with van der Waals surface area (Å²) in [5, 5.41) is 3.35. The molecule has 1 aromatic rings. The van der Waals surface area contributed by atoms with Crippen molar-refractivity contribution in [1.82, 2.24) is 0 Å². The Bertz CT molecular complexity index is 333. The number of benzene rings is 1. The molecule has 0 fully saturated rings. The summed E-state index contributed by atoms with van der Waals surface area (Å²) in [6, 6.07) is 8.23. The Labute approximate surface area is 111 Å². The zero-order valence-corrected chi connectivity index (χ0v) is 11.9. The molecule has 3 N–H and O–H groups in total. The molecule has 1 rings (SSSR count). The minimum Gasteiger partial charge on any atom is -0.491 e. The fourth-order valence-electron chi connectivity index (χ4n) is 1.86. The summed E-state index contributed by atoms with van der Waals surface area (Å²) in [4.78, 5) is 0. The van der Waals surface area contributed by atoms with Crippen LogP contribution in [0.3, 0.4) is 0 Å². The van der Waals surface area contributed by atoms with Crippen LogP contribution in [0.2, 0.25) is 0 Å². The smallest absolute Gasteiger partial charge is 0.119 e. The Morgan fingerprint density at radius 1 is 1.11 bits per heavy atom. The van der Waals surface area contributed by atoms with Crippen molar-refractivity contribution in [2.75, 3.05) is 11.9 Å². The number of hydrogen-bond donors (Lipinski definition) is 2. The molecular formula is C15H26N2O. The Morgan fingerprint density at radius 2 is 1.72 bits per heavy atom. The minimum absolute atomic E-state index is 0.205. The van der Waals surface area contributed by atoms with E-state index in [4.69, 9.17) is 10.5 Å². The highest BCUT2D eigenvalue weighted by atomic mass is 16.5. The number of nitrogens with two attached hydrogens (primary N) is 1. The standard InChI is InChI=1S/C15H26N2O/c1-11(2)9-13(16)10-17-14-5-7-15(8-6-14)18-12(3)4/h5-8,11-13,17H,9-10,16H2,1-4H3. The average Bonchev–Trinajstić information content (AvgIpc) is 2.26. The lowest BCUT2D eigenvalue weighted by Gasteiger charge is -2.16. The third-order valence-electron chi connectivity index (χ3n) is 2.57. The van der Waals surface area contributed by atoms with Gasteiger partial charge in [0, 0.05) is 18.3 Å². The van der Waals surface area contributed by atoms with Crippen LogP contribution in [0.1, 0.15) is 34.1 Å². The maximum atomic E-state index is 6.03. The Kier molecular flexibility index (Phi) is 5.99. The van der Waals surface area contributed by atoms with Crippen molar-refractivity contribution in [3.05, 3.63) is 24.3 Å². The first kappa shape index (κ1) is 14.8. The fraction of sp³-hybridized carbons (Fsp3) is 0.600. The fourth-order valence-corrected chi connectivity index (χ4v) is 1.86. The number of nitrogens with one attached hydrogen (secondary N) is 1. The summed E-state index contributed by atoms with van der Waals surface area (Å²) in [5.74, 6) is 1.55. The molecule has 0 amide bonds. The van der Waals surface area contributed by atoms with E-state index >= 15 is 0 Å². The van der Waals surface area contributed by atoms with E-state index in [0.717, 1.165) is 24.4 Å². The molecule has 0 aromatic heterocycles. The van der Waals surface area contributed by atoms with E-state index in [1.807, 2.05) is 38.1 Å². The topological polar surface area (TPSA) is 47.3 Å². The van der Waals surface area contributed by atoms with Crippen LogP contribution in [-0.2, 0) is 0 Å². The predicted octanol–water partition coefficient (Wildman–Crippen LogP) is 3.26. The Hall–Kier alpha value is -1.22. The van der Waals surface area contributed by atoms with Crippen molar-refractivity contribution < 1.29 is 4.74 Å². The first-order chi connectivity index (χ1) is 8.47. The van der Waals surface area contributed by atoms with Gasteiger partial charge in [0.1, 0.15) is 5.75 Å². The molecule has 0 saturated carbocycles. The van der Waals surface area contributed by atoms with Gasteiger partial charge in [-0.15, -0.1) is 0 Å². The van der Waals surface area contributed by atoms with Gasteiger partial charge in [-0.3, -0.25) is 0 Å². The van der Waals surface area contributed by atoms with Gasteiger partial charge in [0.15, 0.2) is 0 Å². The van der Waals surface area contributed by atoms with E-state index in [1.54, 1.807) is 0 Å². The lowest BCUT2D eigenvalue weighted by atomic mass is 10.0. The number of rotatable bonds is 7. The lowest BCUT2D eigenvalue weighted by molar-refractivity contribution is 0.242. The van der Waals surface area contributed by atoms with Crippen LogP contribution in [0.25, 0.3) is 0 Å². The molecule has 1 atom stereocenters. The zero-order valence-electron chi connectivity index (χ0n) is 11.9. The molecule has 1 unspecified atom stereocenters. The minimum atomic E-state index is 0.205. The summed E-state index contributed by atoms with van der Waals surface area (Å²) >= 11 is 0. The van der Waals surface area contributed by atoms with Crippen molar-refractivity contribution in [3.8, 4) is 5.75 Å². The van der Waals surface area contributed by atoms with E-state index < -0.39 is 0 Å². The second kappa shape index (κ2) is 7.27. The maximum Gasteiger partial charge on any atom is 0.119 e. The van der Waals surface area contributed by atoms with Crippen LogP contribution < -0.4 is 15.8 Å². The van der Waals surface area contributed by atoms with Crippen molar-refractivity contribution in [2.24, 2.45) is 11.7 Å². The van der Waals surface area contributed by atoms with Crippen LogP contribution in [0, 0.1) is 5.92 Å². The van der Waals surface area contributed by atoms with E-state index in [-0.39, 0.29) is 12.1 Å². The van der Waals surface area contributed by atoms with E-state index in [0.29, 0.717) is 5.92 Å². The molecule has 0 saturated heterocycles.